The number of hydrogen-bond acceptors (Lipinski definition) is 5. The molecular formula is C16H26N4O2S. The lowest BCUT2D eigenvalue weighted by atomic mass is 9.96. The third-order valence-electron chi connectivity index (χ3n) is 5.12. The van der Waals surface area contributed by atoms with Crippen molar-refractivity contribution < 1.29 is 8.42 Å². The zero-order valence-corrected chi connectivity index (χ0v) is 15.0. The van der Waals surface area contributed by atoms with E-state index in [1.807, 2.05) is 6.92 Å². The standard InChI is InChI=1S/C16H26N4O2S/c1-12-13(2)17-11-18-16(12)20-8-6-14(7-9-20)10-19(3)23(21,22)15-4-5-15/h11,14-15H,4-10H2,1-3H3. The number of nitrogens with zero attached hydrogens (tertiary/aromatic N) is 4. The molecule has 7 heteroatoms. The van der Waals surface area contributed by atoms with Crippen LogP contribution >= 0.6 is 0 Å². The summed E-state index contributed by atoms with van der Waals surface area (Å²) in [5, 5.41) is -0.112. The molecule has 128 valence electrons. The van der Waals surface area contributed by atoms with Crippen LogP contribution in [0.5, 0.6) is 0 Å². The van der Waals surface area contributed by atoms with Crippen LogP contribution in [0.25, 0.3) is 0 Å². The van der Waals surface area contributed by atoms with E-state index < -0.39 is 10.0 Å². The summed E-state index contributed by atoms with van der Waals surface area (Å²) < 4.78 is 26.1. The maximum Gasteiger partial charge on any atom is 0.216 e. The van der Waals surface area contributed by atoms with Gasteiger partial charge in [0.2, 0.25) is 10.0 Å². The van der Waals surface area contributed by atoms with E-state index in [4.69, 9.17) is 0 Å². The molecule has 2 aliphatic rings. The molecule has 1 aliphatic heterocycles. The van der Waals surface area contributed by atoms with Gasteiger partial charge >= 0.3 is 0 Å². The van der Waals surface area contributed by atoms with Gasteiger partial charge in [0.25, 0.3) is 0 Å². The highest BCUT2D eigenvalue weighted by Crippen LogP contribution is 2.32. The van der Waals surface area contributed by atoms with Crippen LogP contribution in [-0.2, 0) is 10.0 Å². The van der Waals surface area contributed by atoms with Gasteiger partial charge < -0.3 is 4.90 Å². The lowest BCUT2D eigenvalue weighted by Gasteiger charge is -2.35. The van der Waals surface area contributed by atoms with Crippen molar-refractivity contribution in [3.8, 4) is 0 Å². The Bertz CT molecular complexity index is 665. The Balaban J connectivity index is 1.57. The summed E-state index contributed by atoms with van der Waals surface area (Å²) in [6.07, 6.45) is 5.30. The predicted octanol–water partition coefficient (Wildman–Crippen LogP) is 1.73. The number of rotatable bonds is 5. The Morgan fingerprint density at radius 2 is 1.83 bits per heavy atom. The molecule has 2 fully saturated rings. The van der Waals surface area contributed by atoms with Crippen LogP contribution in [0, 0.1) is 19.8 Å². The Morgan fingerprint density at radius 1 is 1.17 bits per heavy atom. The SMILES string of the molecule is Cc1ncnc(N2CCC(CN(C)S(=O)(=O)C3CC3)CC2)c1C. The molecule has 1 aliphatic carbocycles. The molecule has 23 heavy (non-hydrogen) atoms. The van der Waals surface area contributed by atoms with Crippen molar-refractivity contribution in [1.82, 2.24) is 14.3 Å². The lowest BCUT2D eigenvalue weighted by Crippen LogP contribution is -2.40. The second-order valence-electron chi connectivity index (χ2n) is 6.86. The topological polar surface area (TPSA) is 66.4 Å². The molecule has 2 heterocycles. The van der Waals surface area contributed by atoms with Crippen LogP contribution in [0.3, 0.4) is 0 Å². The van der Waals surface area contributed by atoms with Crippen molar-refractivity contribution in [2.24, 2.45) is 5.92 Å². The van der Waals surface area contributed by atoms with E-state index in [-0.39, 0.29) is 5.25 Å². The average Bonchev–Trinajstić information content (AvgIpc) is 3.36. The highest BCUT2D eigenvalue weighted by molar-refractivity contribution is 7.90. The summed E-state index contributed by atoms with van der Waals surface area (Å²) in [5.74, 6) is 1.46. The van der Waals surface area contributed by atoms with E-state index in [2.05, 4.69) is 21.8 Å². The molecule has 0 radical (unpaired) electrons. The van der Waals surface area contributed by atoms with Crippen LogP contribution in [0.15, 0.2) is 6.33 Å². The summed E-state index contributed by atoms with van der Waals surface area (Å²) >= 11 is 0. The van der Waals surface area contributed by atoms with E-state index in [1.165, 1.54) is 0 Å². The van der Waals surface area contributed by atoms with Crippen molar-refractivity contribution in [2.45, 2.75) is 44.8 Å². The molecule has 6 nitrogen and oxygen atoms in total. The average molecular weight is 338 g/mol. The van der Waals surface area contributed by atoms with Gasteiger partial charge in [-0.3, -0.25) is 0 Å². The summed E-state index contributed by atoms with van der Waals surface area (Å²) in [6.45, 7) is 6.57. The van der Waals surface area contributed by atoms with Crippen molar-refractivity contribution in [1.29, 1.82) is 0 Å². The molecule has 1 saturated carbocycles. The van der Waals surface area contributed by atoms with Crippen molar-refractivity contribution >= 4 is 15.8 Å². The quantitative estimate of drug-likeness (QED) is 0.818. The first-order chi connectivity index (χ1) is 10.9. The second kappa shape index (κ2) is 6.36. The molecule has 3 rings (SSSR count). The molecule has 0 bridgehead atoms. The van der Waals surface area contributed by atoms with Gasteiger partial charge in [-0.05, 0) is 45.4 Å². The molecule has 1 aromatic rings. The van der Waals surface area contributed by atoms with E-state index >= 15 is 0 Å². The first-order valence-electron chi connectivity index (χ1n) is 8.38. The molecule has 0 amide bonds. The minimum Gasteiger partial charge on any atom is -0.356 e. The number of aromatic nitrogens is 2. The largest absolute Gasteiger partial charge is 0.356 e. The van der Waals surface area contributed by atoms with Crippen LogP contribution in [0.4, 0.5) is 5.82 Å². The summed E-state index contributed by atoms with van der Waals surface area (Å²) in [6, 6.07) is 0. The Morgan fingerprint density at radius 3 is 2.43 bits per heavy atom. The molecule has 0 aromatic carbocycles. The first-order valence-corrected chi connectivity index (χ1v) is 9.88. The number of aryl methyl sites for hydroxylation is 1. The van der Waals surface area contributed by atoms with Gasteiger partial charge in [-0.15, -0.1) is 0 Å². The van der Waals surface area contributed by atoms with Crippen molar-refractivity contribution in [2.75, 3.05) is 31.6 Å². The third-order valence-corrected chi connectivity index (χ3v) is 7.45. The molecular weight excluding hydrogens is 312 g/mol. The van der Waals surface area contributed by atoms with Gasteiger partial charge in [-0.2, -0.15) is 0 Å². The van der Waals surface area contributed by atoms with Gasteiger partial charge in [0.15, 0.2) is 0 Å². The van der Waals surface area contributed by atoms with Crippen molar-refractivity contribution in [3.05, 3.63) is 17.6 Å². The van der Waals surface area contributed by atoms with Gasteiger partial charge in [0.05, 0.1) is 5.25 Å². The molecule has 0 unspecified atom stereocenters. The number of hydrogen-bond donors (Lipinski definition) is 0. The lowest BCUT2D eigenvalue weighted by molar-refractivity contribution is 0.327. The van der Waals surface area contributed by atoms with Gasteiger partial charge in [0.1, 0.15) is 12.1 Å². The highest BCUT2D eigenvalue weighted by atomic mass is 32.2. The fourth-order valence-electron chi connectivity index (χ4n) is 3.26. The predicted molar refractivity (Wildman–Crippen MR) is 91.0 cm³/mol. The molecule has 0 atom stereocenters. The van der Waals surface area contributed by atoms with Crippen LogP contribution in [0.1, 0.15) is 36.9 Å². The van der Waals surface area contributed by atoms with Crippen molar-refractivity contribution in [3.63, 3.8) is 0 Å². The highest BCUT2D eigenvalue weighted by Gasteiger charge is 2.39. The molecule has 0 spiro atoms. The summed E-state index contributed by atoms with van der Waals surface area (Å²) in [5.41, 5.74) is 2.16. The zero-order valence-electron chi connectivity index (χ0n) is 14.2. The van der Waals surface area contributed by atoms with Crippen LogP contribution in [-0.4, -0.2) is 54.6 Å². The van der Waals surface area contributed by atoms with Gasteiger partial charge in [-0.25, -0.2) is 22.7 Å². The number of sulfonamides is 1. The normalized spacial score (nSPS) is 20.3. The molecule has 1 aromatic heterocycles. The first kappa shape index (κ1) is 16.6. The maximum atomic E-state index is 12.2. The minimum absolute atomic E-state index is 0.112. The van der Waals surface area contributed by atoms with E-state index in [0.717, 1.165) is 55.8 Å². The maximum absolute atomic E-state index is 12.2. The Hall–Kier alpha value is -1.21. The van der Waals surface area contributed by atoms with Crippen LogP contribution < -0.4 is 4.90 Å². The van der Waals surface area contributed by atoms with E-state index in [0.29, 0.717) is 12.5 Å². The monoisotopic (exact) mass is 338 g/mol. The second-order valence-corrected chi connectivity index (χ2v) is 9.18. The smallest absolute Gasteiger partial charge is 0.216 e. The number of anilines is 1. The van der Waals surface area contributed by atoms with Gasteiger partial charge in [-0.1, -0.05) is 0 Å². The zero-order chi connectivity index (χ0) is 16.6. The Kier molecular flexibility index (Phi) is 4.60. The van der Waals surface area contributed by atoms with E-state index in [9.17, 15) is 8.42 Å². The minimum atomic E-state index is -3.04. The third kappa shape index (κ3) is 3.50. The van der Waals surface area contributed by atoms with Crippen LogP contribution in [0.2, 0.25) is 0 Å². The van der Waals surface area contributed by atoms with Gasteiger partial charge in [0, 0.05) is 37.9 Å². The molecule has 1 saturated heterocycles. The number of piperidine rings is 1. The van der Waals surface area contributed by atoms with E-state index in [1.54, 1.807) is 17.7 Å². The summed E-state index contributed by atoms with van der Waals surface area (Å²) in [4.78, 5) is 11.0. The fraction of sp³-hybridized carbons (Fsp3) is 0.750. The summed E-state index contributed by atoms with van der Waals surface area (Å²) in [7, 11) is -1.31. The molecule has 0 N–H and O–H groups in total. The Labute approximate surface area is 139 Å². The fourth-order valence-corrected chi connectivity index (χ4v) is 4.92.